The summed E-state index contributed by atoms with van der Waals surface area (Å²) in [6.07, 6.45) is 2.87. The van der Waals surface area contributed by atoms with E-state index in [-0.39, 0.29) is 0 Å². The molecule has 0 aromatic heterocycles. The molecule has 0 aliphatic rings. The van der Waals surface area contributed by atoms with E-state index in [4.69, 9.17) is 4.74 Å². The number of phenols is 1. The van der Waals surface area contributed by atoms with Crippen molar-refractivity contribution in [3.63, 3.8) is 0 Å². The summed E-state index contributed by atoms with van der Waals surface area (Å²) >= 11 is 0. The number of phenolic OH excluding ortho intramolecular Hbond substituents is 1. The molecule has 0 spiro atoms. The van der Waals surface area contributed by atoms with Crippen molar-refractivity contribution in [3.8, 4) is 11.5 Å². The molecule has 0 fully saturated rings. The average molecular weight is 194 g/mol. The van der Waals surface area contributed by atoms with Crippen LogP contribution in [0.5, 0.6) is 11.5 Å². The second kappa shape index (κ2) is 5.53. The summed E-state index contributed by atoms with van der Waals surface area (Å²) in [6, 6.07) is 5.45. The van der Waals surface area contributed by atoms with Crippen LogP contribution in [0.15, 0.2) is 18.2 Å². The Morgan fingerprint density at radius 1 is 1.21 bits per heavy atom. The first-order valence-electron chi connectivity index (χ1n) is 5.23. The second-order valence-corrected chi connectivity index (χ2v) is 3.35. The SMILES string of the molecule is CCCOc1cccc(O)c1CCC. The quantitative estimate of drug-likeness (QED) is 0.780. The summed E-state index contributed by atoms with van der Waals surface area (Å²) in [5.41, 5.74) is 0.934. The zero-order valence-corrected chi connectivity index (χ0v) is 8.92. The van der Waals surface area contributed by atoms with Crippen LogP contribution in [0.3, 0.4) is 0 Å². The molecule has 2 heteroatoms. The molecule has 2 nitrogen and oxygen atoms in total. The van der Waals surface area contributed by atoms with Gasteiger partial charge in [-0.1, -0.05) is 26.3 Å². The van der Waals surface area contributed by atoms with Gasteiger partial charge in [-0.3, -0.25) is 0 Å². The van der Waals surface area contributed by atoms with E-state index < -0.39 is 0 Å². The highest BCUT2D eigenvalue weighted by Crippen LogP contribution is 2.28. The van der Waals surface area contributed by atoms with E-state index in [1.165, 1.54) is 0 Å². The molecule has 0 aliphatic carbocycles. The maximum atomic E-state index is 9.64. The van der Waals surface area contributed by atoms with Crippen molar-refractivity contribution in [1.29, 1.82) is 0 Å². The van der Waals surface area contributed by atoms with Crippen LogP contribution in [0.1, 0.15) is 32.3 Å². The van der Waals surface area contributed by atoms with Crippen LogP contribution in [0, 0.1) is 0 Å². The van der Waals surface area contributed by atoms with Gasteiger partial charge in [0.2, 0.25) is 0 Å². The van der Waals surface area contributed by atoms with Gasteiger partial charge in [-0.15, -0.1) is 0 Å². The normalized spacial score (nSPS) is 10.1. The molecule has 0 saturated carbocycles. The monoisotopic (exact) mass is 194 g/mol. The minimum atomic E-state index is 0.348. The van der Waals surface area contributed by atoms with Crippen molar-refractivity contribution < 1.29 is 9.84 Å². The van der Waals surface area contributed by atoms with Gasteiger partial charge in [-0.2, -0.15) is 0 Å². The largest absolute Gasteiger partial charge is 0.508 e. The number of aromatic hydroxyl groups is 1. The summed E-state index contributed by atoms with van der Waals surface area (Å²) < 4.78 is 5.56. The fourth-order valence-electron chi connectivity index (χ4n) is 1.40. The second-order valence-electron chi connectivity index (χ2n) is 3.35. The Morgan fingerprint density at radius 2 is 2.00 bits per heavy atom. The van der Waals surface area contributed by atoms with E-state index >= 15 is 0 Å². The van der Waals surface area contributed by atoms with Gasteiger partial charge in [0, 0.05) is 5.56 Å². The van der Waals surface area contributed by atoms with Crippen LogP contribution in [0.25, 0.3) is 0 Å². The van der Waals surface area contributed by atoms with Crippen LogP contribution in [0.4, 0.5) is 0 Å². The van der Waals surface area contributed by atoms with E-state index in [1.807, 2.05) is 12.1 Å². The highest BCUT2D eigenvalue weighted by Gasteiger charge is 2.07. The fourth-order valence-corrected chi connectivity index (χ4v) is 1.40. The molecule has 0 aliphatic heterocycles. The third-order valence-corrected chi connectivity index (χ3v) is 2.07. The summed E-state index contributed by atoms with van der Waals surface area (Å²) in [5.74, 6) is 1.18. The van der Waals surface area contributed by atoms with E-state index in [9.17, 15) is 5.11 Å². The van der Waals surface area contributed by atoms with Gasteiger partial charge in [0.15, 0.2) is 0 Å². The smallest absolute Gasteiger partial charge is 0.126 e. The number of hydrogen-bond acceptors (Lipinski definition) is 2. The van der Waals surface area contributed by atoms with Crippen molar-refractivity contribution in [2.45, 2.75) is 33.1 Å². The Balaban J connectivity index is 2.83. The summed E-state index contributed by atoms with van der Waals surface area (Å²) in [5, 5.41) is 9.64. The molecule has 0 atom stereocenters. The van der Waals surface area contributed by atoms with Gasteiger partial charge in [-0.05, 0) is 25.0 Å². The van der Waals surface area contributed by atoms with Crippen LogP contribution in [-0.2, 0) is 6.42 Å². The Hall–Kier alpha value is -1.18. The Labute approximate surface area is 85.5 Å². The van der Waals surface area contributed by atoms with Gasteiger partial charge >= 0.3 is 0 Å². The maximum Gasteiger partial charge on any atom is 0.126 e. The van der Waals surface area contributed by atoms with Crippen molar-refractivity contribution >= 4 is 0 Å². The van der Waals surface area contributed by atoms with E-state index in [2.05, 4.69) is 13.8 Å². The minimum absolute atomic E-state index is 0.348. The van der Waals surface area contributed by atoms with E-state index in [0.29, 0.717) is 12.4 Å². The minimum Gasteiger partial charge on any atom is -0.508 e. The van der Waals surface area contributed by atoms with Crippen LogP contribution >= 0.6 is 0 Å². The van der Waals surface area contributed by atoms with E-state index in [0.717, 1.165) is 30.6 Å². The number of hydrogen-bond donors (Lipinski definition) is 1. The van der Waals surface area contributed by atoms with Crippen molar-refractivity contribution in [2.75, 3.05) is 6.61 Å². The molecule has 1 aromatic carbocycles. The molecule has 1 rings (SSSR count). The van der Waals surface area contributed by atoms with Crippen molar-refractivity contribution in [3.05, 3.63) is 23.8 Å². The number of benzene rings is 1. The van der Waals surface area contributed by atoms with Crippen LogP contribution < -0.4 is 4.74 Å². The maximum absolute atomic E-state index is 9.64. The first-order valence-corrected chi connectivity index (χ1v) is 5.23. The number of ether oxygens (including phenoxy) is 1. The van der Waals surface area contributed by atoms with Gasteiger partial charge in [0.1, 0.15) is 11.5 Å². The topological polar surface area (TPSA) is 29.5 Å². The van der Waals surface area contributed by atoms with Gasteiger partial charge in [-0.25, -0.2) is 0 Å². The zero-order chi connectivity index (χ0) is 10.4. The highest BCUT2D eigenvalue weighted by molar-refractivity contribution is 5.43. The summed E-state index contributed by atoms with van der Waals surface area (Å²) in [6.45, 7) is 4.87. The first-order chi connectivity index (χ1) is 6.79. The molecule has 1 aromatic rings. The zero-order valence-electron chi connectivity index (χ0n) is 8.92. The molecule has 14 heavy (non-hydrogen) atoms. The lowest BCUT2D eigenvalue weighted by Crippen LogP contribution is -1.99. The van der Waals surface area contributed by atoms with Crippen molar-refractivity contribution in [1.82, 2.24) is 0 Å². The standard InChI is InChI=1S/C12H18O2/c1-3-6-10-11(13)7-5-8-12(10)14-9-4-2/h5,7-8,13H,3-4,6,9H2,1-2H3. The highest BCUT2D eigenvalue weighted by atomic mass is 16.5. The molecule has 0 heterocycles. The first kappa shape index (κ1) is 10.9. The number of rotatable bonds is 5. The lowest BCUT2D eigenvalue weighted by molar-refractivity contribution is 0.311. The lowest BCUT2D eigenvalue weighted by Gasteiger charge is -2.11. The lowest BCUT2D eigenvalue weighted by atomic mass is 10.1. The fraction of sp³-hybridized carbons (Fsp3) is 0.500. The molecular weight excluding hydrogens is 176 g/mol. The Kier molecular flexibility index (Phi) is 4.30. The van der Waals surface area contributed by atoms with Gasteiger partial charge in [0.05, 0.1) is 6.61 Å². The molecule has 0 amide bonds. The van der Waals surface area contributed by atoms with E-state index in [1.54, 1.807) is 6.07 Å². The van der Waals surface area contributed by atoms with Crippen LogP contribution in [-0.4, -0.2) is 11.7 Å². The Morgan fingerprint density at radius 3 is 2.64 bits per heavy atom. The molecule has 0 bridgehead atoms. The summed E-state index contributed by atoms with van der Waals surface area (Å²) in [4.78, 5) is 0. The predicted octanol–water partition coefficient (Wildman–Crippen LogP) is 3.13. The molecule has 0 radical (unpaired) electrons. The molecule has 78 valence electrons. The van der Waals surface area contributed by atoms with Crippen molar-refractivity contribution in [2.24, 2.45) is 0 Å². The van der Waals surface area contributed by atoms with Gasteiger partial charge in [0.25, 0.3) is 0 Å². The molecule has 0 unspecified atom stereocenters. The molecular formula is C12H18O2. The molecule has 1 N–H and O–H groups in total. The predicted molar refractivity (Wildman–Crippen MR) is 57.9 cm³/mol. The molecule has 0 saturated heterocycles. The third-order valence-electron chi connectivity index (χ3n) is 2.07. The summed E-state index contributed by atoms with van der Waals surface area (Å²) in [7, 11) is 0. The third kappa shape index (κ3) is 2.66. The Bertz CT molecular complexity index is 282. The average Bonchev–Trinajstić information content (AvgIpc) is 2.19. The van der Waals surface area contributed by atoms with Crippen LogP contribution in [0.2, 0.25) is 0 Å². The van der Waals surface area contributed by atoms with Gasteiger partial charge < -0.3 is 9.84 Å².